The summed E-state index contributed by atoms with van der Waals surface area (Å²) in [6, 6.07) is 4.73. The van der Waals surface area contributed by atoms with Gasteiger partial charge in [0.1, 0.15) is 0 Å². The molecule has 0 aliphatic heterocycles. The van der Waals surface area contributed by atoms with E-state index in [0.29, 0.717) is 5.56 Å². The second-order valence-electron chi connectivity index (χ2n) is 4.41. The van der Waals surface area contributed by atoms with Crippen LogP contribution < -0.4 is 14.9 Å². The zero-order valence-corrected chi connectivity index (χ0v) is 12.4. The van der Waals surface area contributed by atoms with E-state index >= 15 is 0 Å². The van der Waals surface area contributed by atoms with Gasteiger partial charge in [-0.1, -0.05) is 0 Å². The lowest BCUT2D eigenvalue weighted by Crippen LogP contribution is -2.18. The molecule has 2 aromatic rings. The number of carbonyl (C=O) groups excluding carboxylic acids is 1. The lowest BCUT2D eigenvalue weighted by atomic mass is 10.2. The number of benzene rings is 1. The molecule has 0 saturated heterocycles. The smallest absolute Gasteiger partial charge is 0.291 e. The molecule has 8 heteroatoms. The second-order valence-corrected chi connectivity index (χ2v) is 4.41. The number of nitrogens with one attached hydrogen (secondary N) is 2. The quantitative estimate of drug-likeness (QED) is 0.568. The lowest BCUT2D eigenvalue weighted by molar-refractivity contribution is 0.0950. The molecule has 0 spiro atoms. The van der Waals surface area contributed by atoms with E-state index in [0.717, 1.165) is 5.69 Å². The van der Waals surface area contributed by atoms with Crippen LogP contribution in [0.1, 0.15) is 21.7 Å². The minimum atomic E-state index is -0.432. The van der Waals surface area contributed by atoms with Crippen molar-refractivity contribution in [3.8, 4) is 17.2 Å². The number of aromatic nitrogens is 2. The molecule has 1 aromatic heterocycles. The van der Waals surface area contributed by atoms with Crippen molar-refractivity contribution < 1.29 is 19.4 Å². The minimum Gasteiger partial charge on any atom is -0.502 e. The average Bonchev–Trinajstić information content (AvgIpc) is 2.95. The van der Waals surface area contributed by atoms with Gasteiger partial charge in [0.2, 0.25) is 5.75 Å². The molecular formula is C14H16N4O4. The maximum absolute atomic E-state index is 11.8. The van der Waals surface area contributed by atoms with E-state index in [1.807, 2.05) is 0 Å². The van der Waals surface area contributed by atoms with Gasteiger partial charge in [-0.05, 0) is 25.1 Å². The Kier molecular flexibility index (Phi) is 4.62. The highest BCUT2D eigenvalue weighted by molar-refractivity contribution is 5.93. The van der Waals surface area contributed by atoms with Gasteiger partial charge < -0.3 is 14.6 Å². The van der Waals surface area contributed by atoms with Gasteiger partial charge in [-0.2, -0.15) is 10.2 Å². The summed E-state index contributed by atoms with van der Waals surface area (Å²) in [5.74, 6) is -0.0402. The third-order valence-electron chi connectivity index (χ3n) is 2.82. The predicted octanol–water partition coefficient (Wildman–Crippen LogP) is 1.20. The number of hydrogen-bond acceptors (Lipinski definition) is 6. The Labute approximate surface area is 126 Å². The molecule has 0 bridgehead atoms. The highest BCUT2D eigenvalue weighted by atomic mass is 16.5. The fraction of sp³-hybridized carbons (Fsp3) is 0.214. The van der Waals surface area contributed by atoms with Crippen molar-refractivity contribution >= 4 is 12.1 Å². The number of ether oxygens (including phenoxy) is 2. The first-order chi connectivity index (χ1) is 10.5. The third kappa shape index (κ3) is 3.35. The molecular weight excluding hydrogens is 288 g/mol. The van der Waals surface area contributed by atoms with Gasteiger partial charge in [0, 0.05) is 11.3 Å². The van der Waals surface area contributed by atoms with Gasteiger partial charge >= 0.3 is 0 Å². The number of H-pyrrole nitrogens is 1. The largest absolute Gasteiger partial charge is 0.502 e. The summed E-state index contributed by atoms with van der Waals surface area (Å²) >= 11 is 0. The maximum atomic E-state index is 11.8. The second kappa shape index (κ2) is 6.61. The number of carbonyl (C=O) groups is 1. The van der Waals surface area contributed by atoms with Crippen LogP contribution in [-0.4, -0.2) is 41.6 Å². The van der Waals surface area contributed by atoms with Crippen LogP contribution in [0.15, 0.2) is 23.3 Å². The summed E-state index contributed by atoms with van der Waals surface area (Å²) in [5, 5.41) is 20.1. The highest BCUT2D eigenvalue weighted by Crippen LogP contribution is 2.36. The number of phenolic OH excluding ortho intramolecular Hbond substituents is 1. The number of hydrogen-bond donors (Lipinski definition) is 3. The number of phenols is 1. The third-order valence-corrected chi connectivity index (χ3v) is 2.82. The van der Waals surface area contributed by atoms with Crippen molar-refractivity contribution in [1.82, 2.24) is 15.6 Å². The number of rotatable bonds is 5. The summed E-state index contributed by atoms with van der Waals surface area (Å²) in [5.41, 5.74) is 3.97. The van der Waals surface area contributed by atoms with Crippen molar-refractivity contribution in [2.24, 2.45) is 5.10 Å². The Morgan fingerprint density at radius 1 is 1.32 bits per heavy atom. The molecule has 0 aliphatic rings. The van der Waals surface area contributed by atoms with Gasteiger partial charge in [-0.3, -0.25) is 9.89 Å². The van der Waals surface area contributed by atoms with E-state index in [9.17, 15) is 9.90 Å². The molecule has 1 heterocycles. The standard InChI is InChI=1S/C14H16N4O4/c1-8-4-10(17-16-8)14(20)18-15-7-9-5-11(21-2)13(19)12(6-9)22-3/h4-7,19H,1-3H3,(H,16,17)(H,18,20)/b15-7+. The first-order valence-electron chi connectivity index (χ1n) is 6.35. The molecule has 3 N–H and O–H groups in total. The summed E-state index contributed by atoms with van der Waals surface area (Å²) < 4.78 is 10.1. The molecule has 0 aliphatic carbocycles. The summed E-state index contributed by atoms with van der Waals surface area (Å²) in [6.45, 7) is 1.79. The number of aryl methyl sites for hydroxylation is 1. The number of aromatic hydroxyl groups is 1. The first-order valence-corrected chi connectivity index (χ1v) is 6.35. The molecule has 1 aromatic carbocycles. The Morgan fingerprint density at radius 2 is 1.95 bits per heavy atom. The number of amides is 1. The number of nitrogens with zero attached hydrogens (tertiary/aromatic N) is 2. The molecule has 0 fully saturated rings. The van der Waals surface area contributed by atoms with E-state index < -0.39 is 5.91 Å². The van der Waals surface area contributed by atoms with E-state index in [2.05, 4.69) is 20.7 Å². The fourth-order valence-electron chi connectivity index (χ4n) is 1.75. The Hall–Kier alpha value is -3.03. The Balaban J connectivity index is 2.11. The van der Waals surface area contributed by atoms with E-state index in [1.165, 1.54) is 20.4 Å². The molecule has 22 heavy (non-hydrogen) atoms. The summed E-state index contributed by atoms with van der Waals surface area (Å²) in [6.07, 6.45) is 1.40. The molecule has 0 unspecified atom stereocenters. The molecule has 1 amide bonds. The topological polar surface area (TPSA) is 109 Å². The van der Waals surface area contributed by atoms with Crippen LogP contribution in [0.5, 0.6) is 17.2 Å². The van der Waals surface area contributed by atoms with Crippen molar-refractivity contribution in [3.63, 3.8) is 0 Å². The Morgan fingerprint density at radius 3 is 2.45 bits per heavy atom. The molecule has 2 rings (SSSR count). The number of methoxy groups -OCH3 is 2. The van der Waals surface area contributed by atoms with Crippen LogP contribution in [0, 0.1) is 6.92 Å². The SMILES string of the molecule is COc1cc(/C=N/NC(=O)c2cc(C)[nH]n2)cc(OC)c1O. The van der Waals surface area contributed by atoms with Crippen molar-refractivity contribution in [1.29, 1.82) is 0 Å². The molecule has 0 saturated carbocycles. The zero-order valence-electron chi connectivity index (χ0n) is 12.4. The van der Waals surface area contributed by atoms with Crippen LogP contribution in [-0.2, 0) is 0 Å². The van der Waals surface area contributed by atoms with E-state index in [1.54, 1.807) is 25.1 Å². The first kappa shape index (κ1) is 15.4. The van der Waals surface area contributed by atoms with Crippen LogP contribution >= 0.6 is 0 Å². The predicted molar refractivity (Wildman–Crippen MR) is 79.6 cm³/mol. The number of aromatic amines is 1. The van der Waals surface area contributed by atoms with E-state index in [-0.39, 0.29) is 22.9 Å². The molecule has 8 nitrogen and oxygen atoms in total. The molecule has 0 radical (unpaired) electrons. The van der Waals surface area contributed by atoms with Crippen LogP contribution in [0.3, 0.4) is 0 Å². The monoisotopic (exact) mass is 304 g/mol. The van der Waals surface area contributed by atoms with Gasteiger partial charge in [0.25, 0.3) is 5.91 Å². The van der Waals surface area contributed by atoms with Gasteiger partial charge in [-0.25, -0.2) is 5.43 Å². The van der Waals surface area contributed by atoms with E-state index in [4.69, 9.17) is 9.47 Å². The normalized spacial score (nSPS) is 10.7. The minimum absolute atomic E-state index is 0.0989. The van der Waals surface area contributed by atoms with Crippen LogP contribution in [0.4, 0.5) is 0 Å². The maximum Gasteiger partial charge on any atom is 0.291 e. The van der Waals surface area contributed by atoms with Gasteiger partial charge in [0.15, 0.2) is 17.2 Å². The van der Waals surface area contributed by atoms with Gasteiger partial charge in [0.05, 0.1) is 20.4 Å². The Bertz CT molecular complexity index is 684. The van der Waals surface area contributed by atoms with Crippen molar-refractivity contribution in [2.45, 2.75) is 6.92 Å². The van der Waals surface area contributed by atoms with Gasteiger partial charge in [-0.15, -0.1) is 0 Å². The summed E-state index contributed by atoms with van der Waals surface area (Å²) in [4.78, 5) is 11.8. The lowest BCUT2D eigenvalue weighted by Gasteiger charge is -2.09. The van der Waals surface area contributed by atoms with Crippen LogP contribution in [0.25, 0.3) is 0 Å². The zero-order chi connectivity index (χ0) is 16.1. The van der Waals surface area contributed by atoms with Crippen molar-refractivity contribution in [2.75, 3.05) is 14.2 Å². The highest BCUT2D eigenvalue weighted by Gasteiger charge is 2.11. The molecule has 116 valence electrons. The van der Waals surface area contributed by atoms with Crippen LogP contribution in [0.2, 0.25) is 0 Å². The average molecular weight is 304 g/mol. The molecule has 0 atom stereocenters. The number of hydrazone groups is 1. The fourth-order valence-corrected chi connectivity index (χ4v) is 1.75. The van der Waals surface area contributed by atoms with Crippen molar-refractivity contribution in [3.05, 3.63) is 35.2 Å². The summed E-state index contributed by atoms with van der Waals surface area (Å²) in [7, 11) is 2.86.